The number of carboxylic acid groups (broad SMARTS) is 1. The summed E-state index contributed by atoms with van der Waals surface area (Å²) >= 11 is 0. The van der Waals surface area contributed by atoms with Gasteiger partial charge in [-0.3, -0.25) is 4.90 Å². The number of ether oxygens (including phenoxy) is 2. The Hall–Kier alpha value is -4.55. The first-order valence-electron chi connectivity index (χ1n) is 18.4. The molecule has 0 saturated heterocycles. The van der Waals surface area contributed by atoms with Crippen LogP contribution in [0, 0.1) is 0 Å². The van der Waals surface area contributed by atoms with Gasteiger partial charge in [0.1, 0.15) is 18.1 Å². The van der Waals surface area contributed by atoms with E-state index in [2.05, 4.69) is 118 Å². The lowest BCUT2D eigenvalue weighted by molar-refractivity contribution is 0.101. The molecule has 0 saturated carbocycles. The SMILES string of the molecule is CC(C)N(CC[C@H](c1ccccc1)c1cc(/C=C/CCOc2ccc(CCN(C(=O)O)C(C)(C)C)cc2)ccc1OCc1ccccc1)C(C)C. The van der Waals surface area contributed by atoms with E-state index in [9.17, 15) is 9.90 Å². The first kappa shape index (κ1) is 39.2. The van der Waals surface area contributed by atoms with Crippen LogP contribution in [-0.4, -0.2) is 58.3 Å². The summed E-state index contributed by atoms with van der Waals surface area (Å²) in [6.45, 7) is 17.4. The molecule has 1 atom stereocenters. The van der Waals surface area contributed by atoms with Crippen molar-refractivity contribution in [2.75, 3.05) is 19.7 Å². The lowest BCUT2D eigenvalue weighted by atomic mass is 9.86. The lowest BCUT2D eigenvalue weighted by Crippen LogP contribution is -2.45. The van der Waals surface area contributed by atoms with Gasteiger partial charge in [0.25, 0.3) is 0 Å². The molecule has 0 aliphatic rings. The molecular weight excluding hydrogens is 633 g/mol. The summed E-state index contributed by atoms with van der Waals surface area (Å²) in [6, 6.07) is 36.6. The van der Waals surface area contributed by atoms with Crippen LogP contribution in [0.5, 0.6) is 11.5 Å². The van der Waals surface area contributed by atoms with Gasteiger partial charge in [-0.25, -0.2) is 4.79 Å². The zero-order valence-electron chi connectivity index (χ0n) is 31.7. The van der Waals surface area contributed by atoms with Crippen molar-refractivity contribution in [2.24, 2.45) is 0 Å². The van der Waals surface area contributed by atoms with Crippen LogP contribution >= 0.6 is 0 Å². The molecular formula is C45H58N2O4. The van der Waals surface area contributed by atoms with Crippen molar-refractivity contribution in [1.82, 2.24) is 9.80 Å². The van der Waals surface area contributed by atoms with Crippen LogP contribution in [0.15, 0.2) is 109 Å². The minimum Gasteiger partial charge on any atom is -0.493 e. The molecule has 0 aliphatic heterocycles. The van der Waals surface area contributed by atoms with E-state index in [1.165, 1.54) is 16.0 Å². The highest BCUT2D eigenvalue weighted by Gasteiger charge is 2.25. The molecule has 0 radical (unpaired) electrons. The Morgan fingerprint density at radius 1 is 0.784 bits per heavy atom. The monoisotopic (exact) mass is 690 g/mol. The molecule has 272 valence electrons. The van der Waals surface area contributed by atoms with E-state index in [1.807, 2.05) is 51.1 Å². The maximum atomic E-state index is 11.7. The molecule has 4 aromatic rings. The van der Waals surface area contributed by atoms with Crippen molar-refractivity contribution in [3.63, 3.8) is 0 Å². The number of rotatable bonds is 18. The van der Waals surface area contributed by atoms with E-state index in [4.69, 9.17) is 9.47 Å². The summed E-state index contributed by atoms with van der Waals surface area (Å²) in [5.74, 6) is 1.91. The fraction of sp³-hybridized carbons (Fsp3) is 0.400. The van der Waals surface area contributed by atoms with E-state index in [0.29, 0.717) is 38.3 Å². The zero-order chi connectivity index (χ0) is 36.8. The van der Waals surface area contributed by atoms with E-state index in [1.54, 1.807) is 0 Å². The topological polar surface area (TPSA) is 62.2 Å². The van der Waals surface area contributed by atoms with Crippen LogP contribution in [0.3, 0.4) is 0 Å². The van der Waals surface area contributed by atoms with Crippen molar-refractivity contribution in [3.05, 3.63) is 137 Å². The van der Waals surface area contributed by atoms with Gasteiger partial charge in [0.15, 0.2) is 0 Å². The second-order valence-corrected chi connectivity index (χ2v) is 14.8. The summed E-state index contributed by atoms with van der Waals surface area (Å²) in [6.07, 6.45) is 5.86. The number of hydrogen-bond acceptors (Lipinski definition) is 4. The summed E-state index contributed by atoms with van der Waals surface area (Å²) in [4.78, 5) is 15.7. The summed E-state index contributed by atoms with van der Waals surface area (Å²) < 4.78 is 12.6. The smallest absolute Gasteiger partial charge is 0.407 e. The minimum atomic E-state index is -0.894. The fourth-order valence-corrected chi connectivity index (χ4v) is 6.56. The number of hydrogen-bond donors (Lipinski definition) is 1. The van der Waals surface area contributed by atoms with Crippen LogP contribution in [0.4, 0.5) is 4.79 Å². The molecule has 6 nitrogen and oxygen atoms in total. The number of nitrogens with zero attached hydrogens (tertiary/aromatic N) is 2. The van der Waals surface area contributed by atoms with Gasteiger partial charge in [-0.2, -0.15) is 0 Å². The third-order valence-corrected chi connectivity index (χ3v) is 9.30. The van der Waals surface area contributed by atoms with Crippen molar-refractivity contribution in [1.29, 1.82) is 0 Å². The highest BCUT2D eigenvalue weighted by Crippen LogP contribution is 2.36. The molecule has 4 aromatic carbocycles. The predicted octanol–water partition coefficient (Wildman–Crippen LogP) is 10.7. The average Bonchev–Trinajstić information content (AvgIpc) is 3.10. The molecule has 0 aliphatic carbocycles. The van der Waals surface area contributed by atoms with Crippen LogP contribution < -0.4 is 9.47 Å². The number of carbonyl (C=O) groups is 1. The fourth-order valence-electron chi connectivity index (χ4n) is 6.56. The summed E-state index contributed by atoms with van der Waals surface area (Å²) in [7, 11) is 0. The third-order valence-electron chi connectivity index (χ3n) is 9.30. The Morgan fingerprint density at radius 3 is 2.04 bits per heavy atom. The van der Waals surface area contributed by atoms with Gasteiger partial charge < -0.3 is 19.5 Å². The summed E-state index contributed by atoms with van der Waals surface area (Å²) in [5, 5.41) is 9.57. The second-order valence-electron chi connectivity index (χ2n) is 14.8. The Labute approximate surface area is 306 Å². The van der Waals surface area contributed by atoms with Crippen LogP contribution in [0.25, 0.3) is 6.08 Å². The molecule has 0 heterocycles. The highest BCUT2D eigenvalue weighted by atomic mass is 16.5. The zero-order valence-corrected chi connectivity index (χ0v) is 31.7. The van der Waals surface area contributed by atoms with Gasteiger partial charge in [-0.05, 0) is 121 Å². The first-order chi connectivity index (χ1) is 24.4. The lowest BCUT2D eigenvalue weighted by Gasteiger charge is -2.33. The molecule has 0 fully saturated rings. The van der Waals surface area contributed by atoms with Gasteiger partial charge in [-0.15, -0.1) is 0 Å². The van der Waals surface area contributed by atoms with E-state index < -0.39 is 11.6 Å². The van der Waals surface area contributed by atoms with E-state index in [0.717, 1.165) is 47.6 Å². The van der Waals surface area contributed by atoms with Crippen LogP contribution in [-0.2, 0) is 13.0 Å². The van der Waals surface area contributed by atoms with Gasteiger partial charge in [0, 0.05) is 35.6 Å². The largest absolute Gasteiger partial charge is 0.493 e. The van der Waals surface area contributed by atoms with Crippen LogP contribution in [0.2, 0.25) is 0 Å². The van der Waals surface area contributed by atoms with E-state index in [-0.39, 0.29) is 5.92 Å². The average molecular weight is 691 g/mol. The Balaban J connectivity index is 1.46. The maximum Gasteiger partial charge on any atom is 0.407 e. The molecule has 0 spiro atoms. The molecule has 0 bridgehead atoms. The van der Waals surface area contributed by atoms with Crippen molar-refractivity contribution in [3.8, 4) is 11.5 Å². The third kappa shape index (κ3) is 12.3. The molecule has 0 aromatic heterocycles. The van der Waals surface area contributed by atoms with Crippen LogP contribution in [0.1, 0.15) is 95.0 Å². The maximum absolute atomic E-state index is 11.7. The van der Waals surface area contributed by atoms with Crippen molar-refractivity contribution in [2.45, 2.75) is 97.9 Å². The standard InChI is InChI=1S/C45H58N2O4/c1-34(2)46(35(3)4)29-28-41(39-19-12-9-13-20-39)42-32-37(23-26-43(42)51-33-38-17-10-8-11-18-38)16-14-15-31-50-40-24-21-36(22-25-40)27-30-47(44(48)49)45(5,6)7/h8-14,16-26,32,34-35,41H,15,27-31,33H2,1-7H3,(H,48,49)/b16-14+/t41-/m1/s1. The van der Waals surface area contributed by atoms with Crippen molar-refractivity contribution < 1.29 is 19.4 Å². The molecule has 0 unspecified atom stereocenters. The quantitative estimate of drug-likeness (QED) is 0.105. The number of benzene rings is 4. The van der Waals surface area contributed by atoms with Gasteiger partial charge in [0.05, 0.1) is 6.61 Å². The molecule has 51 heavy (non-hydrogen) atoms. The van der Waals surface area contributed by atoms with Gasteiger partial charge in [-0.1, -0.05) is 91.0 Å². The molecule has 6 heteroatoms. The molecule has 1 N–H and O–H groups in total. The number of amides is 1. The second kappa shape index (κ2) is 19.2. The van der Waals surface area contributed by atoms with Gasteiger partial charge in [0.2, 0.25) is 0 Å². The Bertz CT molecular complexity index is 1640. The van der Waals surface area contributed by atoms with Crippen molar-refractivity contribution >= 4 is 12.2 Å². The molecule has 4 rings (SSSR count). The Morgan fingerprint density at radius 2 is 1.43 bits per heavy atom. The van der Waals surface area contributed by atoms with E-state index >= 15 is 0 Å². The predicted molar refractivity (Wildman–Crippen MR) is 211 cm³/mol. The van der Waals surface area contributed by atoms with Gasteiger partial charge >= 0.3 is 6.09 Å². The highest BCUT2D eigenvalue weighted by molar-refractivity contribution is 5.66. The summed E-state index contributed by atoms with van der Waals surface area (Å²) in [5.41, 5.74) is 5.43. The first-order valence-corrected chi connectivity index (χ1v) is 18.4. The minimum absolute atomic E-state index is 0.178. The molecule has 1 amide bonds. The normalized spacial score (nSPS) is 12.5. The Kier molecular flexibility index (Phi) is 14.7.